The molecule has 0 unspecified atom stereocenters. The molecule has 11 rings (SSSR count). The van der Waals surface area contributed by atoms with Gasteiger partial charge in [0.2, 0.25) is 0 Å². The largest absolute Gasteiger partial charge is 0.310 e. The van der Waals surface area contributed by atoms with Gasteiger partial charge in [-0.05, 0) is 78.3 Å². The molecule has 2 aliphatic rings. The molecule has 4 heterocycles. The summed E-state index contributed by atoms with van der Waals surface area (Å²) in [5, 5.41) is 2.58. The van der Waals surface area contributed by atoms with Crippen molar-refractivity contribution in [2.24, 2.45) is 0 Å². The fraction of sp³-hybridized carbons (Fsp3) is 0. The van der Waals surface area contributed by atoms with Gasteiger partial charge in [0.15, 0.2) is 0 Å². The van der Waals surface area contributed by atoms with Crippen LogP contribution >= 0.6 is 22.7 Å². The summed E-state index contributed by atoms with van der Waals surface area (Å²) in [6, 6.07) is 66.2. The number of anilines is 9. The molecule has 52 heavy (non-hydrogen) atoms. The van der Waals surface area contributed by atoms with Gasteiger partial charge in [0, 0.05) is 63.8 Å². The van der Waals surface area contributed by atoms with Crippen LogP contribution in [0.5, 0.6) is 0 Å². The first-order valence-electron chi connectivity index (χ1n) is 17.6. The molecule has 0 spiro atoms. The van der Waals surface area contributed by atoms with Crippen LogP contribution in [-0.4, -0.2) is 6.71 Å². The lowest BCUT2D eigenvalue weighted by Gasteiger charge is -2.43. The number of rotatable bonds is 5. The number of benzene rings is 7. The van der Waals surface area contributed by atoms with Gasteiger partial charge >= 0.3 is 0 Å². The monoisotopic (exact) mass is 699 g/mol. The molecule has 0 fully saturated rings. The van der Waals surface area contributed by atoms with E-state index in [1.807, 2.05) is 22.7 Å². The Morgan fingerprint density at radius 3 is 1.23 bits per heavy atom. The Labute approximate surface area is 311 Å². The van der Waals surface area contributed by atoms with Crippen molar-refractivity contribution in [1.82, 2.24) is 0 Å². The third kappa shape index (κ3) is 4.38. The van der Waals surface area contributed by atoms with Crippen LogP contribution in [0.25, 0.3) is 20.2 Å². The van der Waals surface area contributed by atoms with Gasteiger partial charge in [0.05, 0.1) is 17.1 Å². The van der Waals surface area contributed by atoms with E-state index in [1.165, 1.54) is 57.9 Å². The Morgan fingerprint density at radius 1 is 0.404 bits per heavy atom. The molecule has 2 aromatic heterocycles. The van der Waals surface area contributed by atoms with Crippen LogP contribution in [0.15, 0.2) is 182 Å². The molecule has 0 bridgehead atoms. The third-order valence-corrected chi connectivity index (χ3v) is 12.8. The third-order valence-electron chi connectivity index (χ3n) is 10.4. The van der Waals surface area contributed by atoms with Crippen molar-refractivity contribution in [3.63, 3.8) is 0 Å². The second-order valence-corrected chi connectivity index (χ2v) is 15.5. The zero-order valence-electron chi connectivity index (χ0n) is 28.1. The highest BCUT2D eigenvalue weighted by atomic mass is 32.1. The smallest absolute Gasteiger partial charge is 0.277 e. The maximum absolute atomic E-state index is 2.54. The van der Waals surface area contributed by atoms with Gasteiger partial charge in [-0.3, -0.25) is 0 Å². The number of hydrogen-bond acceptors (Lipinski definition) is 5. The highest BCUT2D eigenvalue weighted by molar-refractivity contribution is 7.40. The van der Waals surface area contributed by atoms with Crippen LogP contribution in [0.3, 0.4) is 0 Å². The summed E-state index contributed by atoms with van der Waals surface area (Å²) in [4.78, 5) is 7.49. The Kier molecular flexibility index (Phi) is 6.69. The van der Waals surface area contributed by atoms with E-state index in [2.05, 4.69) is 197 Å². The molecule has 3 nitrogen and oxygen atoms in total. The van der Waals surface area contributed by atoms with Crippen LogP contribution in [0.4, 0.5) is 51.2 Å². The van der Waals surface area contributed by atoms with Crippen molar-refractivity contribution >= 4 is 116 Å². The van der Waals surface area contributed by atoms with Crippen molar-refractivity contribution in [2.45, 2.75) is 0 Å². The van der Waals surface area contributed by atoms with E-state index in [0.717, 1.165) is 28.4 Å². The second kappa shape index (κ2) is 11.7. The summed E-state index contributed by atoms with van der Waals surface area (Å²) in [7, 11) is 0. The highest BCUT2D eigenvalue weighted by Crippen LogP contribution is 2.52. The lowest BCUT2D eigenvalue weighted by molar-refractivity contribution is 1.24. The van der Waals surface area contributed by atoms with Crippen LogP contribution < -0.4 is 29.7 Å². The first-order chi connectivity index (χ1) is 25.8. The number of nitrogens with zero attached hydrogens (tertiary/aromatic N) is 3. The van der Waals surface area contributed by atoms with Crippen molar-refractivity contribution in [3.05, 3.63) is 182 Å². The van der Waals surface area contributed by atoms with Crippen LogP contribution in [0.1, 0.15) is 0 Å². The van der Waals surface area contributed by atoms with E-state index in [0.29, 0.717) is 0 Å². The quantitative estimate of drug-likeness (QED) is 0.166. The summed E-state index contributed by atoms with van der Waals surface area (Å²) < 4.78 is 5.42. The molecule has 0 atom stereocenters. The number of fused-ring (bicyclic) bond motifs is 8. The molecule has 7 aromatic carbocycles. The minimum Gasteiger partial charge on any atom is -0.310 e. The van der Waals surface area contributed by atoms with Gasteiger partial charge in [-0.25, -0.2) is 0 Å². The molecule has 0 aliphatic carbocycles. The lowest BCUT2D eigenvalue weighted by atomic mass is 9.39. The fourth-order valence-corrected chi connectivity index (χ4v) is 11.0. The van der Waals surface area contributed by atoms with Gasteiger partial charge in [-0.1, -0.05) is 109 Å². The molecule has 6 heteroatoms. The molecule has 2 aliphatic heterocycles. The van der Waals surface area contributed by atoms with E-state index in [1.54, 1.807) is 0 Å². The number of para-hydroxylation sites is 4. The van der Waals surface area contributed by atoms with Gasteiger partial charge in [0.25, 0.3) is 6.71 Å². The van der Waals surface area contributed by atoms with Gasteiger partial charge in [-0.2, -0.15) is 0 Å². The summed E-state index contributed by atoms with van der Waals surface area (Å²) in [5.41, 5.74) is 12.0. The molecule has 0 amide bonds. The Balaban J connectivity index is 1.31. The van der Waals surface area contributed by atoms with E-state index in [-0.39, 0.29) is 6.71 Å². The molecule has 9 aromatic rings. The summed E-state index contributed by atoms with van der Waals surface area (Å²) in [6.07, 6.45) is 0. The highest BCUT2D eigenvalue weighted by Gasteiger charge is 2.47. The van der Waals surface area contributed by atoms with Crippen LogP contribution in [0, 0.1) is 0 Å². The van der Waals surface area contributed by atoms with Crippen molar-refractivity contribution in [1.29, 1.82) is 0 Å². The number of thiophene rings is 2. The zero-order chi connectivity index (χ0) is 34.2. The molecule has 0 saturated heterocycles. The molecule has 244 valence electrons. The Morgan fingerprint density at radius 2 is 0.788 bits per heavy atom. The number of hydrogen-bond donors (Lipinski definition) is 0. The topological polar surface area (TPSA) is 9.72 Å². The van der Waals surface area contributed by atoms with Crippen LogP contribution in [-0.2, 0) is 0 Å². The molecule has 0 saturated carbocycles. The summed E-state index contributed by atoms with van der Waals surface area (Å²) >= 11 is 3.90. The maximum Gasteiger partial charge on any atom is 0.277 e. The standard InChI is InChI=1S/C46H30BN3S2/c1-5-17-31(18-6-1)48(32-19-7-2-8-20-32)35-29-38-42-39(30-35)50(34-23-11-4-12-24-34)44-37-26-14-16-28-41(37)52-46(44)47(42)45-43(36-25-13-15-27-40(36)51-45)49(38)33-21-9-3-10-22-33/h1-30H. The summed E-state index contributed by atoms with van der Waals surface area (Å²) in [6.45, 7) is 0.0840. The predicted octanol–water partition coefficient (Wildman–Crippen LogP) is 11.7. The first kappa shape index (κ1) is 29.6. The van der Waals surface area contributed by atoms with Gasteiger partial charge < -0.3 is 14.7 Å². The van der Waals surface area contributed by atoms with Crippen molar-refractivity contribution < 1.29 is 0 Å². The average molecular weight is 700 g/mol. The molecule has 0 radical (unpaired) electrons. The normalized spacial score (nSPS) is 12.9. The van der Waals surface area contributed by atoms with E-state index in [9.17, 15) is 0 Å². The second-order valence-electron chi connectivity index (χ2n) is 13.3. The van der Waals surface area contributed by atoms with Gasteiger partial charge in [-0.15, -0.1) is 22.7 Å². The fourth-order valence-electron chi connectivity index (χ4n) is 8.27. The SMILES string of the molecule is c1ccc(N(c2ccccc2)c2cc3c4c(c2)N(c2ccccc2)c2c(sc5ccccc25)B4c2sc4ccccc4c2N3c2ccccc2)cc1. The Bertz CT molecular complexity index is 2580. The average Bonchev–Trinajstić information content (AvgIpc) is 3.79. The Hall–Kier alpha value is -6.08. The molecule has 0 N–H and O–H groups in total. The van der Waals surface area contributed by atoms with E-state index in [4.69, 9.17) is 0 Å². The maximum atomic E-state index is 2.54. The predicted molar refractivity (Wildman–Crippen MR) is 226 cm³/mol. The minimum absolute atomic E-state index is 0.0840. The van der Waals surface area contributed by atoms with Crippen molar-refractivity contribution in [3.8, 4) is 0 Å². The first-order valence-corrected chi connectivity index (χ1v) is 19.3. The molecular formula is C46H30BN3S2. The van der Waals surface area contributed by atoms with Crippen molar-refractivity contribution in [2.75, 3.05) is 14.7 Å². The molecular weight excluding hydrogens is 669 g/mol. The van der Waals surface area contributed by atoms with E-state index >= 15 is 0 Å². The zero-order valence-corrected chi connectivity index (χ0v) is 29.7. The lowest BCUT2D eigenvalue weighted by Crippen LogP contribution is -2.59. The van der Waals surface area contributed by atoms with Crippen LogP contribution in [0.2, 0.25) is 0 Å². The summed E-state index contributed by atoms with van der Waals surface area (Å²) in [5.74, 6) is 0. The van der Waals surface area contributed by atoms with Gasteiger partial charge in [0.1, 0.15) is 0 Å². The minimum atomic E-state index is 0.0840. The van der Waals surface area contributed by atoms with E-state index < -0.39 is 0 Å².